The molecule has 1 nitrogen and oxygen atoms in total. The molecule has 0 amide bonds. The summed E-state index contributed by atoms with van der Waals surface area (Å²) in [6.07, 6.45) is 1.84. The number of hydrogen-bond acceptors (Lipinski definition) is 1. The van der Waals surface area contributed by atoms with Crippen molar-refractivity contribution in [2.75, 3.05) is 0 Å². The summed E-state index contributed by atoms with van der Waals surface area (Å²) in [5.41, 5.74) is 1.77. The highest BCUT2D eigenvalue weighted by Gasteiger charge is 1.78. The maximum absolute atomic E-state index is 10.2. The van der Waals surface area contributed by atoms with E-state index in [0.29, 0.717) is 0 Å². The maximum atomic E-state index is 10.2. The Labute approximate surface area is 41.9 Å². The van der Waals surface area contributed by atoms with Gasteiger partial charge in [-0.3, -0.25) is 0 Å². The van der Waals surface area contributed by atoms with Crippen LogP contribution >= 0.6 is 0 Å². The van der Waals surface area contributed by atoms with Gasteiger partial charge < -0.3 is 4.46 Å². The van der Waals surface area contributed by atoms with Gasteiger partial charge >= 0.3 is 0 Å². The summed E-state index contributed by atoms with van der Waals surface area (Å²) in [6, 6.07) is 0. The third-order valence-electron chi connectivity index (χ3n) is 0.401. The molecule has 0 atom stereocenters. The van der Waals surface area contributed by atoms with Gasteiger partial charge in [-0.15, -0.1) is 0 Å². The van der Waals surface area contributed by atoms with Gasteiger partial charge in [0.15, 0.2) is 0 Å². The zero-order valence-corrected chi connectivity index (χ0v) is 7.06. The molecule has 0 aliphatic carbocycles. The average molecular weight is 116 g/mol. The van der Waals surface area contributed by atoms with Crippen molar-refractivity contribution in [3.63, 3.8) is 0 Å². The highest BCUT2D eigenvalue weighted by molar-refractivity contribution is 6.96. The van der Waals surface area contributed by atoms with E-state index in [1.54, 1.807) is 5.70 Å². The van der Waals surface area contributed by atoms with Crippen molar-refractivity contribution >= 4 is 18.0 Å². The molecule has 0 aromatic heterocycles. The first-order valence-corrected chi connectivity index (χ1v) is 6.89. The Bertz CT molecular complexity index is 76.9. The molecule has 3 heteroatoms. The van der Waals surface area contributed by atoms with Crippen LogP contribution in [-0.2, 0) is 4.46 Å². The minimum atomic E-state index is -1.18. The van der Waals surface area contributed by atoms with Crippen molar-refractivity contribution in [3.8, 4) is 0 Å². The molecule has 0 spiro atoms. The lowest BCUT2D eigenvalue weighted by atomic mass is 10.8. The van der Waals surface area contributed by atoms with Crippen LogP contribution in [0.4, 0.5) is 0 Å². The predicted molar refractivity (Wildman–Crippen MR) is 31.2 cm³/mol. The number of allylic oxidation sites excluding steroid dienone is 1. The van der Waals surface area contributed by atoms with Gasteiger partial charge in [-0.2, -0.15) is 0 Å². The van der Waals surface area contributed by atoms with E-state index in [1.165, 1.54) is 0 Å². The van der Waals surface area contributed by atoms with Crippen molar-refractivity contribution < 1.29 is 4.46 Å². The van der Waals surface area contributed by atoms with Crippen LogP contribution in [0.25, 0.3) is 0 Å². The molecule has 0 bridgehead atoms. The van der Waals surface area contributed by atoms with Crippen molar-refractivity contribution in [2.24, 2.45) is 0 Å². The second-order valence-electron chi connectivity index (χ2n) is 1.11. The quantitative estimate of drug-likeness (QED) is 0.418. The standard InChI is InChI=1S/C3H8OSi2/c1-2-3-6(4)5/h2-3H,1,5H3. The summed E-state index contributed by atoms with van der Waals surface area (Å²) in [7, 11) is -0.339. The molecule has 0 saturated carbocycles. The van der Waals surface area contributed by atoms with Crippen LogP contribution in [0.15, 0.2) is 11.8 Å². The van der Waals surface area contributed by atoms with Crippen molar-refractivity contribution in [2.45, 2.75) is 6.92 Å². The zero-order valence-electron chi connectivity index (χ0n) is 4.06. The van der Waals surface area contributed by atoms with Gasteiger partial charge in [0.2, 0.25) is 0 Å². The summed E-state index contributed by atoms with van der Waals surface area (Å²) >= 11 is 0. The fraction of sp³-hybridized carbons (Fsp3) is 0.333. The summed E-state index contributed by atoms with van der Waals surface area (Å²) in [5, 5.41) is 0. The summed E-state index contributed by atoms with van der Waals surface area (Å²) in [6.45, 7) is 1.89. The van der Waals surface area contributed by atoms with E-state index >= 15 is 0 Å². The first-order valence-electron chi connectivity index (χ1n) is 1.90. The lowest BCUT2D eigenvalue weighted by Crippen LogP contribution is -1.90. The molecular formula is C3H8OSi2. The first-order chi connectivity index (χ1) is 2.77. The van der Waals surface area contributed by atoms with Crippen LogP contribution in [0.3, 0.4) is 0 Å². The van der Waals surface area contributed by atoms with E-state index in [1.807, 2.05) is 13.0 Å². The van der Waals surface area contributed by atoms with Gasteiger partial charge in [-0.05, 0) is 12.6 Å². The molecule has 0 rings (SSSR count). The van der Waals surface area contributed by atoms with Crippen LogP contribution in [0.2, 0.25) is 0 Å². The van der Waals surface area contributed by atoms with Crippen molar-refractivity contribution in [1.29, 1.82) is 0 Å². The normalized spacial score (nSPS) is 10.2. The minimum Gasteiger partial charge on any atom is -0.389 e. The third-order valence-corrected chi connectivity index (χ3v) is 2.20. The smallest absolute Gasteiger partial charge is 0.270 e. The van der Waals surface area contributed by atoms with Gasteiger partial charge in [0.1, 0.15) is 0 Å². The van der Waals surface area contributed by atoms with Crippen molar-refractivity contribution in [1.82, 2.24) is 0 Å². The topological polar surface area (TPSA) is 17.1 Å². The maximum Gasteiger partial charge on any atom is 0.270 e. The van der Waals surface area contributed by atoms with E-state index in [4.69, 9.17) is 0 Å². The highest BCUT2D eigenvalue weighted by atomic mass is 29.1. The molecule has 0 aliphatic heterocycles. The molecule has 34 valence electrons. The van der Waals surface area contributed by atoms with E-state index < -0.39 is 8.20 Å². The highest BCUT2D eigenvalue weighted by Crippen LogP contribution is 1.62. The van der Waals surface area contributed by atoms with Gasteiger partial charge in [-0.1, -0.05) is 6.08 Å². The molecule has 0 aromatic carbocycles. The molecule has 0 N–H and O–H groups in total. The van der Waals surface area contributed by atoms with Crippen LogP contribution in [0.1, 0.15) is 6.92 Å². The van der Waals surface area contributed by atoms with Gasteiger partial charge in [0, 0.05) is 0 Å². The monoisotopic (exact) mass is 116 g/mol. The van der Waals surface area contributed by atoms with Gasteiger partial charge in [-0.25, -0.2) is 0 Å². The number of hydrogen-bond donors (Lipinski definition) is 0. The Morgan fingerprint density at radius 3 is 2.33 bits per heavy atom. The Balaban J connectivity index is 3.30. The van der Waals surface area contributed by atoms with Gasteiger partial charge in [0.25, 0.3) is 8.20 Å². The Morgan fingerprint density at radius 1 is 1.83 bits per heavy atom. The lowest BCUT2D eigenvalue weighted by molar-refractivity contribution is 0.578. The van der Waals surface area contributed by atoms with Crippen LogP contribution < -0.4 is 0 Å². The van der Waals surface area contributed by atoms with Crippen LogP contribution in [0, 0.1) is 0 Å². The fourth-order valence-corrected chi connectivity index (χ4v) is 1.70. The molecule has 0 fully saturated rings. The molecule has 0 heterocycles. The third kappa shape index (κ3) is 3.97. The molecule has 6 heavy (non-hydrogen) atoms. The first kappa shape index (κ1) is 5.97. The van der Waals surface area contributed by atoms with Crippen LogP contribution in [-0.4, -0.2) is 18.0 Å². The zero-order chi connectivity index (χ0) is 4.99. The van der Waals surface area contributed by atoms with Gasteiger partial charge in [0.05, 0.1) is 9.76 Å². The lowest BCUT2D eigenvalue weighted by Gasteiger charge is -1.65. The summed E-state index contributed by atoms with van der Waals surface area (Å²) in [5.74, 6) is 0. The summed E-state index contributed by atoms with van der Waals surface area (Å²) < 4.78 is 10.2. The van der Waals surface area contributed by atoms with E-state index in [9.17, 15) is 4.46 Å². The minimum absolute atomic E-state index is 0.838. The summed E-state index contributed by atoms with van der Waals surface area (Å²) in [4.78, 5) is 0. The van der Waals surface area contributed by atoms with Crippen LogP contribution in [0.5, 0.6) is 0 Å². The predicted octanol–water partition coefficient (Wildman–Crippen LogP) is -0.614. The van der Waals surface area contributed by atoms with Crippen molar-refractivity contribution in [3.05, 3.63) is 11.8 Å². The largest absolute Gasteiger partial charge is 0.389 e. The molecule has 0 unspecified atom stereocenters. The molecule has 0 saturated heterocycles. The van der Waals surface area contributed by atoms with E-state index in [0.717, 1.165) is 9.76 Å². The Hall–Kier alpha value is -0.0262. The molecule has 0 radical (unpaired) electrons. The fourth-order valence-electron chi connectivity index (χ4n) is 0.235. The average Bonchev–Trinajstić information content (AvgIpc) is 1.35. The second-order valence-corrected chi connectivity index (χ2v) is 5.62. The Morgan fingerprint density at radius 2 is 2.33 bits per heavy atom. The molecular weight excluding hydrogens is 108 g/mol. The molecule has 0 aromatic rings. The van der Waals surface area contributed by atoms with E-state index in [-0.39, 0.29) is 0 Å². The second kappa shape index (κ2) is 3.17. The Kier molecular flexibility index (Phi) is 3.16. The number of rotatable bonds is 1. The molecule has 0 aliphatic rings. The SMILES string of the molecule is CC=C[Si](=O)[SiH3]. The van der Waals surface area contributed by atoms with E-state index in [2.05, 4.69) is 0 Å².